The lowest BCUT2D eigenvalue weighted by molar-refractivity contribution is 0.569. The van der Waals surface area contributed by atoms with E-state index in [1.165, 1.54) is 5.56 Å². The Kier molecular flexibility index (Phi) is 3.74. The molecule has 0 aliphatic rings. The van der Waals surface area contributed by atoms with Crippen LogP contribution < -0.4 is 5.73 Å². The average molecular weight is 207 g/mol. The van der Waals surface area contributed by atoms with Gasteiger partial charge in [-0.3, -0.25) is 0 Å². The van der Waals surface area contributed by atoms with E-state index < -0.39 is 0 Å². The average Bonchev–Trinajstić information content (AvgIpc) is 2.53. The maximum atomic E-state index is 5.97. The topological polar surface area (TPSA) is 26.0 Å². The zero-order valence-corrected chi connectivity index (χ0v) is 9.82. The summed E-state index contributed by atoms with van der Waals surface area (Å²) in [7, 11) is 0. The molecule has 76 valence electrons. The molecule has 0 aliphatic carbocycles. The van der Waals surface area contributed by atoms with Crippen LogP contribution in [0.1, 0.15) is 38.8 Å². The van der Waals surface area contributed by atoms with Gasteiger partial charge in [0.15, 0.2) is 0 Å². The summed E-state index contributed by atoms with van der Waals surface area (Å²) < 4.78 is 0. The van der Waals surface area contributed by atoms with E-state index in [2.05, 4.69) is 44.1 Å². The van der Waals surface area contributed by atoms with Gasteiger partial charge >= 0.3 is 0 Å². The van der Waals surface area contributed by atoms with Crippen molar-refractivity contribution in [2.45, 2.75) is 33.2 Å². The second-order valence-corrected chi connectivity index (χ2v) is 5.20. The largest absolute Gasteiger partial charge is 0.323 e. The molecule has 0 spiro atoms. The van der Waals surface area contributed by atoms with E-state index in [9.17, 15) is 0 Å². The minimum atomic E-state index is 0.0658. The Hall–Kier alpha value is -0.780. The number of nitrogens with two attached hydrogens (primary N) is 1. The van der Waals surface area contributed by atoms with E-state index >= 15 is 0 Å². The molecule has 1 unspecified atom stereocenters. The molecule has 1 aromatic heterocycles. The van der Waals surface area contributed by atoms with Crippen molar-refractivity contribution in [3.05, 3.63) is 22.4 Å². The standard InChI is InChI=1S/C12H17NS/c1-12(2,3)7-4-5-11(13)10-6-8-14-9-10/h6,8-9,11H,5,13H2,1-3H3. The Balaban J connectivity index is 2.50. The van der Waals surface area contributed by atoms with Gasteiger partial charge < -0.3 is 5.73 Å². The summed E-state index contributed by atoms with van der Waals surface area (Å²) in [6.45, 7) is 6.32. The predicted octanol–water partition coefficient (Wildman–Crippen LogP) is 3.19. The Labute approximate surface area is 90.3 Å². The van der Waals surface area contributed by atoms with Crippen LogP contribution in [-0.4, -0.2) is 0 Å². The molecule has 1 atom stereocenters. The molecule has 0 saturated carbocycles. The number of rotatable bonds is 2. The molecule has 0 aromatic carbocycles. The quantitative estimate of drug-likeness (QED) is 0.741. The van der Waals surface area contributed by atoms with E-state index in [1.54, 1.807) is 11.3 Å². The van der Waals surface area contributed by atoms with Gasteiger partial charge in [-0.05, 0) is 43.2 Å². The molecule has 0 aliphatic heterocycles. The Morgan fingerprint density at radius 3 is 2.71 bits per heavy atom. The highest BCUT2D eigenvalue weighted by Gasteiger charge is 2.06. The van der Waals surface area contributed by atoms with Gasteiger partial charge in [-0.2, -0.15) is 11.3 Å². The molecular formula is C12H17NS. The lowest BCUT2D eigenvalue weighted by atomic mass is 9.97. The Morgan fingerprint density at radius 2 is 2.21 bits per heavy atom. The van der Waals surface area contributed by atoms with Crippen molar-refractivity contribution in [1.82, 2.24) is 0 Å². The van der Waals surface area contributed by atoms with Crippen LogP contribution in [0.25, 0.3) is 0 Å². The number of thiophene rings is 1. The summed E-state index contributed by atoms with van der Waals surface area (Å²) in [6.07, 6.45) is 0.744. The van der Waals surface area contributed by atoms with Crippen LogP contribution in [0.15, 0.2) is 16.8 Å². The van der Waals surface area contributed by atoms with Crippen LogP contribution in [0, 0.1) is 17.3 Å². The molecule has 0 amide bonds. The number of hydrogen-bond acceptors (Lipinski definition) is 2. The molecule has 0 saturated heterocycles. The second-order valence-electron chi connectivity index (χ2n) is 4.42. The minimum absolute atomic E-state index is 0.0658. The first-order valence-electron chi connectivity index (χ1n) is 4.77. The molecule has 0 fully saturated rings. The van der Waals surface area contributed by atoms with Gasteiger partial charge in [0.2, 0.25) is 0 Å². The van der Waals surface area contributed by atoms with Gasteiger partial charge in [0.05, 0.1) is 0 Å². The third-order valence-corrected chi connectivity index (χ3v) is 2.46. The smallest absolute Gasteiger partial charge is 0.0414 e. The molecule has 1 rings (SSSR count). The second kappa shape index (κ2) is 4.63. The third kappa shape index (κ3) is 3.95. The van der Waals surface area contributed by atoms with Crippen molar-refractivity contribution in [3.63, 3.8) is 0 Å². The molecule has 14 heavy (non-hydrogen) atoms. The van der Waals surface area contributed by atoms with Crippen molar-refractivity contribution in [2.75, 3.05) is 0 Å². The van der Waals surface area contributed by atoms with E-state index in [1.807, 2.05) is 5.38 Å². The highest BCUT2D eigenvalue weighted by molar-refractivity contribution is 7.07. The first kappa shape index (κ1) is 11.3. The molecular weight excluding hydrogens is 190 g/mol. The van der Waals surface area contributed by atoms with Crippen LogP contribution in [-0.2, 0) is 0 Å². The van der Waals surface area contributed by atoms with E-state index in [-0.39, 0.29) is 11.5 Å². The zero-order chi connectivity index (χ0) is 10.6. The van der Waals surface area contributed by atoms with Crippen molar-refractivity contribution in [2.24, 2.45) is 11.1 Å². The maximum Gasteiger partial charge on any atom is 0.0414 e. The first-order valence-corrected chi connectivity index (χ1v) is 5.71. The lowest BCUT2D eigenvalue weighted by Crippen LogP contribution is -2.08. The molecule has 2 heteroatoms. The fourth-order valence-electron chi connectivity index (χ4n) is 1.03. The minimum Gasteiger partial charge on any atom is -0.323 e. The van der Waals surface area contributed by atoms with Gasteiger partial charge in [-0.25, -0.2) is 0 Å². The molecule has 1 aromatic rings. The Bertz CT molecular complexity index is 321. The van der Waals surface area contributed by atoms with Crippen molar-refractivity contribution < 1.29 is 0 Å². The van der Waals surface area contributed by atoms with Gasteiger partial charge in [-0.15, -0.1) is 5.92 Å². The van der Waals surface area contributed by atoms with E-state index in [4.69, 9.17) is 5.73 Å². The van der Waals surface area contributed by atoms with Crippen LogP contribution in [0.5, 0.6) is 0 Å². The van der Waals surface area contributed by atoms with Crippen molar-refractivity contribution >= 4 is 11.3 Å². The third-order valence-electron chi connectivity index (χ3n) is 1.76. The van der Waals surface area contributed by atoms with Crippen LogP contribution in [0.3, 0.4) is 0 Å². The highest BCUT2D eigenvalue weighted by Crippen LogP contribution is 2.17. The summed E-state index contributed by atoms with van der Waals surface area (Å²) in [5.74, 6) is 6.33. The first-order chi connectivity index (χ1) is 6.49. The van der Waals surface area contributed by atoms with Gasteiger partial charge in [0.25, 0.3) is 0 Å². The van der Waals surface area contributed by atoms with Crippen LogP contribution in [0.4, 0.5) is 0 Å². The fourth-order valence-corrected chi connectivity index (χ4v) is 1.75. The summed E-state index contributed by atoms with van der Waals surface area (Å²) in [5.41, 5.74) is 7.24. The SMILES string of the molecule is CC(C)(C)C#CCC(N)c1ccsc1. The lowest BCUT2D eigenvalue weighted by Gasteiger charge is -2.08. The van der Waals surface area contributed by atoms with E-state index in [0.717, 1.165) is 6.42 Å². The monoisotopic (exact) mass is 207 g/mol. The van der Waals surface area contributed by atoms with Gasteiger partial charge in [0.1, 0.15) is 0 Å². The van der Waals surface area contributed by atoms with Crippen molar-refractivity contribution in [1.29, 1.82) is 0 Å². The molecule has 2 N–H and O–H groups in total. The summed E-state index contributed by atoms with van der Waals surface area (Å²) in [4.78, 5) is 0. The normalized spacial score (nSPS) is 13.1. The fraction of sp³-hybridized carbons (Fsp3) is 0.500. The van der Waals surface area contributed by atoms with Crippen molar-refractivity contribution in [3.8, 4) is 11.8 Å². The molecule has 0 bridgehead atoms. The molecule has 1 heterocycles. The maximum absolute atomic E-state index is 5.97. The summed E-state index contributed by atoms with van der Waals surface area (Å²) >= 11 is 1.68. The number of hydrogen-bond donors (Lipinski definition) is 1. The summed E-state index contributed by atoms with van der Waals surface area (Å²) in [5, 5.41) is 4.13. The molecule has 0 radical (unpaired) electrons. The molecule has 1 nitrogen and oxygen atoms in total. The van der Waals surface area contributed by atoms with Gasteiger partial charge in [0, 0.05) is 17.9 Å². The zero-order valence-electron chi connectivity index (χ0n) is 9.00. The summed E-state index contributed by atoms with van der Waals surface area (Å²) in [6, 6.07) is 2.13. The van der Waals surface area contributed by atoms with Crippen LogP contribution in [0.2, 0.25) is 0 Å². The Morgan fingerprint density at radius 1 is 1.50 bits per heavy atom. The van der Waals surface area contributed by atoms with E-state index in [0.29, 0.717) is 0 Å². The van der Waals surface area contributed by atoms with Gasteiger partial charge in [-0.1, -0.05) is 5.92 Å². The predicted molar refractivity (Wildman–Crippen MR) is 63.1 cm³/mol. The van der Waals surface area contributed by atoms with Crippen LogP contribution >= 0.6 is 11.3 Å². The highest BCUT2D eigenvalue weighted by atomic mass is 32.1.